The van der Waals surface area contributed by atoms with Crippen molar-refractivity contribution in [3.8, 4) is 0 Å². The molecular formula is C27H22N4O2. The predicted molar refractivity (Wildman–Crippen MR) is 134 cm³/mol. The summed E-state index contributed by atoms with van der Waals surface area (Å²) in [4.78, 5) is 26.9. The zero-order chi connectivity index (χ0) is 22.9. The molecule has 0 fully saturated rings. The van der Waals surface area contributed by atoms with Crippen LogP contribution in [0.5, 0.6) is 0 Å². The third-order valence-corrected chi connectivity index (χ3v) is 5.77. The second-order valence-electron chi connectivity index (χ2n) is 8.01. The molecule has 1 unspecified atom stereocenters. The van der Waals surface area contributed by atoms with Gasteiger partial charge in [-0.05, 0) is 76.5 Å². The first-order valence-electron chi connectivity index (χ1n) is 10.6. The minimum atomic E-state index is -0.782. The fourth-order valence-corrected chi connectivity index (χ4v) is 4.21. The molecule has 6 nitrogen and oxygen atoms in total. The lowest BCUT2D eigenvalue weighted by Gasteiger charge is -2.26. The molecule has 5 rings (SSSR count). The largest absolute Gasteiger partial charge is 0.399 e. The lowest BCUT2D eigenvalue weighted by Crippen LogP contribution is -2.30. The van der Waals surface area contributed by atoms with E-state index in [-0.39, 0.29) is 11.8 Å². The van der Waals surface area contributed by atoms with Crippen LogP contribution >= 0.6 is 0 Å². The van der Waals surface area contributed by atoms with Crippen LogP contribution in [0.15, 0.2) is 90.5 Å². The number of rotatable bonds is 4. The highest BCUT2D eigenvalue weighted by Crippen LogP contribution is 2.40. The predicted octanol–water partition coefficient (Wildman–Crippen LogP) is 4.76. The van der Waals surface area contributed by atoms with Crippen molar-refractivity contribution in [3.05, 3.63) is 102 Å². The molecule has 4 aromatic rings. The Morgan fingerprint density at radius 2 is 1.27 bits per heavy atom. The topological polar surface area (TPSA) is 110 Å². The summed E-state index contributed by atoms with van der Waals surface area (Å²) >= 11 is 0. The highest BCUT2D eigenvalue weighted by Gasteiger charge is 2.34. The van der Waals surface area contributed by atoms with E-state index in [4.69, 9.17) is 11.5 Å². The van der Waals surface area contributed by atoms with Crippen LogP contribution in [0.25, 0.3) is 16.8 Å². The van der Waals surface area contributed by atoms with Crippen LogP contribution in [-0.4, -0.2) is 11.8 Å². The van der Waals surface area contributed by atoms with Gasteiger partial charge in [-0.2, -0.15) is 0 Å². The van der Waals surface area contributed by atoms with Crippen molar-refractivity contribution in [1.29, 1.82) is 0 Å². The van der Waals surface area contributed by atoms with Gasteiger partial charge < -0.3 is 22.1 Å². The fourth-order valence-electron chi connectivity index (χ4n) is 4.21. The van der Waals surface area contributed by atoms with Crippen LogP contribution in [0.2, 0.25) is 0 Å². The van der Waals surface area contributed by atoms with Gasteiger partial charge in [-0.1, -0.05) is 36.4 Å². The van der Waals surface area contributed by atoms with Crippen LogP contribution < -0.4 is 22.1 Å². The first-order chi connectivity index (χ1) is 16.0. The molecule has 0 aromatic heterocycles. The third kappa shape index (κ3) is 3.90. The van der Waals surface area contributed by atoms with Crippen molar-refractivity contribution < 1.29 is 9.59 Å². The number of benzene rings is 4. The second kappa shape index (κ2) is 8.16. The molecule has 0 radical (unpaired) electrons. The molecule has 0 aliphatic heterocycles. The molecule has 4 aromatic carbocycles. The maximum atomic E-state index is 13.5. The van der Waals surface area contributed by atoms with Gasteiger partial charge in [0.1, 0.15) is 0 Å². The molecule has 6 N–H and O–H groups in total. The molecule has 162 valence electrons. The van der Waals surface area contributed by atoms with Crippen molar-refractivity contribution in [1.82, 2.24) is 0 Å². The number of carbonyl (C=O) groups excluding carboxylic acids is 2. The summed E-state index contributed by atoms with van der Waals surface area (Å²) in [7, 11) is 0. The van der Waals surface area contributed by atoms with E-state index in [1.54, 1.807) is 54.6 Å². The maximum absolute atomic E-state index is 13.5. The number of carbonyl (C=O) groups is 2. The van der Waals surface area contributed by atoms with E-state index >= 15 is 0 Å². The van der Waals surface area contributed by atoms with Gasteiger partial charge >= 0.3 is 0 Å². The van der Waals surface area contributed by atoms with Crippen molar-refractivity contribution >= 4 is 51.4 Å². The average Bonchev–Trinajstić information content (AvgIpc) is 2.82. The monoisotopic (exact) mass is 434 g/mol. The van der Waals surface area contributed by atoms with E-state index in [1.807, 2.05) is 36.4 Å². The second-order valence-corrected chi connectivity index (χ2v) is 8.01. The standard InChI is InChI=1S/C27H22N4O2/c28-18-7-11-20(12-8-18)30-26(32)23-15-17-5-1-3-16-4-2-6-22(24(16)17)25(23)27(33)31-21-13-9-19(29)10-14-21/h1-15,25H,28-29H2,(H,30,32)(H,31,33). The normalized spacial score (nSPS) is 14.4. The molecule has 0 spiro atoms. The summed E-state index contributed by atoms with van der Waals surface area (Å²) in [6.45, 7) is 0. The highest BCUT2D eigenvalue weighted by atomic mass is 16.2. The van der Waals surface area contributed by atoms with E-state index < -0.39 is 5.92 Å². The van der Waals surface area contributed by atoms with Gasteiger partial charge in [0.2, 0.25) is 5.91 Å². The molecule has 0 bridgehead atoms. The van der Waals surface area contributed by atoms with Gasteiger partial charge in [0.05, 0.1) is 5.92 Å². The van der Waals surface area contributed by atoms with Crippen molar-refractivity contribution in [2.45, 2.75) is 5.92 Å². The smallest absolute Gasteiger partial charge is 0.252 e. The summed E-state index contributed by atoms with van der Waals surface area (Å²) in [6, 6.07) is 25.5. The van der Waals surface area contributed by atoms with Crippen LogP contribution in [-0.2, 0) is 9.59 Å². The molecule has 0 heterocycles. The summed E-state index contributed by atoms with van der Waals surface area (Å²) in [5.41, 5.74) is 16.0. The molecular weight excluding hydrogens is 412 g/mol. The van der Waals surface area contributed by atoms with Gasteiger partial charge in [0, 0.05) is 28.3 Å². The molecule has 6 heteroatoms. The zero-order valence-corrected chi connectivity index (χ0v) is 17.7. The van der Waals surface area contributed by atoms with E-state index in [1.165, 1.54) is 0 Å². The van der Waals surface area contributed by atoms with Gasteiger partial charge in [-0.25, -0.2) is 0 Å². The number of nitrogens with two attached hydrogens (primary N) is 2. The van der Waals surface area contributed by atoms with Crippen molar-refractivity contribution in [2.75, 3.05) is 22.1 Å². The minimum Gasteiger partial charge on any atom is -0.399 e. The van der Waals surface area contributed by atoms with E-state index in [2.05, 4.69) is 10.6 Å². The van der Waals surface area contributed by atoms with Gasteiger partial charge in [0.15, 0.2) is 0 Å². The lowest BCUT2D eigenvalue weighted by molar-refractivity contribution is -0.119. The highest BCUT2D eigenvalue weighted by molar-refractivity contribution is 6.18. The number of hydrogen-bond donors (Lipinski definition) is 4. The van der Waals surface area contributed by atoms with E-state index in [0.29, 0.717) is 28.3 Å². The molecule has 1 aliphatic rings. The quantitative estimate of drug-likeness (QED) is 0.347. The summed E-state index contributed by atoms with van der Waals surface area (Å²) in [5, 5.41) is 7.83. The minimum absolute atomic E-state index is 0.291. The summed E-state index contributed by atoms with van der Waals surface area (Å²) < 4.78 is 0. The molecule has 1 aliphatic carbocycles. The van der Waals surface area contributed by atoms with Gasteiger partial charge in [-0.15, -0.1) is 0 Å². The van der Waals surface area contributed by atoms with Crippen LogP contribution in [0.1, 0.15) is 17.0 Å². The Morgan fingerprint density at radius 3 is 1.91 bits per heavy atom. The first kappa shape index (κ1) is 20.3. The van der Waals surface area contributed by atoms with Crippen molar-refractivity contribution in [3.63, 3.8) is 0 Å². The van der Waals surface area contributed by atoms with E-state index in [9.17, 15) is 9.59 Å². The molecule has 0 saturated heterocycles. The molecule has 33 heavy (non-hydrogen) atoms. The number of nitrogens with one attached hydrogen (secondary N) is 2. The Bertz CT molecular complexity index is 1400. The summed E-state index contributed by atoms with van der Waals surface area (Å²) in [6.07, 6.45) is 1.80. The fraction of sp³-hybridized carbons (Fsp3) is 0.0370. The zero-order valence-electron chi connectivity index (χ0n) is 17.7. The number of anilines is 4. The van der Waals surface area contributed by atoms with Crippen LogP contribution in [0.3, 0.4) is 0 Å². The van der Waals surface area contributed by atoms with Crippen molar-refractivity contribution in [2.24, 2.45) is 0 Å². The lowest BCUT2D eigenvalue weighted by atomic mass is 9.79. The first-order valence-corrected chi connectivity index (χ1v) is 10.6. The average molecular weight is 434 g/mol. The van der Waals surface area contributed by atoms with Gasteiger partial charge in [0.25, 0.3) is 5.91 Å². The Morgan fingerprint density at radius 1 is 0.697 bits per heavy atom. The third-order valence-electron chi connectivity index (χ3n) is 5.77. The van der Waals surface area contributed by atoms with Crippen LogP contribution in [0, 0.1) is 0 Å². The number of amides is 2. The SMILES string of the molecule is Nc1ccc(NC(=O)C2=Cc3cccc4cccc(c34)C2C(=O)Nc2ccc(N)cc2)cc1. The Hall–Kier alpha value is -4.58. The van der Waals surface area contributed by atoms with Crippen LogP contribution in [0.4, 0.5) is 22.7 Å². The van der Waals surface area contributed by atoms with Gasteiger partial charge in [-0.3, -0.25) is 9.59 Å². The molecule has 2 amide bonds. The molecule has 1 atom stereocenters. The molecule has 0 saturated carbocycles. The maximum Gasteiger partial charge on any atom is 0.252 e. The number of hydrogen-bond acceptors (Lipinski definition) is 4. The Balaban J connectivity index is 1.56. The Labute approximate surface area is 190 Å². The summed E-state index contributed by atoms with van der Waals surface area (Å²) in [5.74, 6) is -1.42. The Kier molecular flexibility index (Phi) is 5.03. The number of nitrogen functional groups attached to an aromatic ring is 2. The van der Waals surface area contributed by atoms with E-state index in [0.717, 1.165) is 21.9 Å².